The molecule has 7 nitrogen and oxygen atoms in total. The third-order valence-electron chi connectivity index (χ3n) is 3.49. The second-order valence-corrected chi connectivity index (χ2v) is 6.43. The van der Waals surface area contributed by atoms with Gasteiger partial charge in [-0.15, -0.1) is 0 Å². The van der Waals surface area contributed by atoms with Crippen LogP contribution in [0.5, 0.6) is 0 Å². The van der Waals surface area contributed by atoms with Crippen LogP contribution in [0.15, 0.2) is 0 Å². The average Bonchev–Trinajstić information content (AvgIpc) is 2.69. The van der Waals surface area contributed by atoms with Crippen molar-refractivity contribution < 1.29 is 19.8 Å². The van der Waals surface area contributed by atoms with Crippen molar-refractivity contribution in [1.82, 2.24) is 15.1 Å². The number of hydrogen-bond donors (Lipinski definition) is 3. The highest BCUT2D eigenvalue weighted by atomic mass is 16.4. The fourth-order valence-corrected chi connectivity index (χ4v) is 2.72. The van der Waals surface area contributed by atoms with E-state index in [-0.39, 0.29) is 19.0 Å². The normalized spacial score (nSPS) is 23.7. The molecule has 1 rings (SSSR count). The van der Waals surface area contributed by atoms with E-state index >= 15 is 0 Å². The largest absolute Gasteiger partial charge is 0.480 e. The van der Waals surface area contributed by atoms with Crippen molar-refractivity contribution in [3.05, 3.63) is 0 Å². The molecule has 1 fully saturated rings. The lowest BCUT2D eigenvalue weighted by molar-refractivity contribution is -0.141. The zero-order chi connectivity index (χ0) is 16.2. The van der Waals surface area contributed by atoms with Crippen molar-refractivity contribution in [1.29, 1.82) is 0 Å². The van der Waals surface area contributed by atoms with Crippen molar-refractivity contribution in [2.24, 2.45) is 5.92 Å². The number of aliphatic carboxylic acids is 1. The first-order valence-electron chi connectivity index (χ1n) is 7.33. The van der Waals surface area contributed by atoms with Crippen LogP contribution >= 0.6 is 0 Å². The number of β-amino-alcohol motifs (C(OH)–C–C–N with tert-alkyl or cyclic N) is 1. The molecule has 0 radical (unpaired) electrons. The summed E-state index contributed by atoms with van der Waals surface area (Å²) in [6, 6.07) is -1.40. The molecule has 0 spiro atoms. The minimum absolute atomic E-state index is 0.0420. The maximum Gasteiger partial charge on any atom is 0.326 e. The van der Waals surface area contributed by atoms with Gasteiger partial charge in [-0.05, 0) is 26.4 Å². The van der Waals surface area contributed by atoms with Gasteiger partial charge < -0.3 is 25.3 Å². The molecule has 3 N–H and O–H groups in total. The number of carbonyl (C=O) groups excluding carboxylic acids is 1. The summed E-state index contributed by atoms with van der Waals surface area (Å²) in [6.45, 7) is 4.92. The van der Waals surface area contributed by atoms with Crippen LogP contribution in [0.25, 0.3) is 0 Å². The van der Waals surface area contributed by atoms with E-state index in [9.17, 15) is 14.7 Å². The van der Waals surface area contributed by atoms with E-state index in [1.165, 1.54) is 4.90 Å². The van der Waals surface area contributed by atoms with Gasteiger partial charge in [-0.1, -0.05) is 13.8 Å². The molecule has 1 saturated heterocycles. The lowest BCUT2D eigenvalue weighted by Gasteiger charge is -2.28. The first-order valence-corrected chi connectivity index (χ1v) is 7.33. The maximum atomic E-state index is 12.3. The minimum atomic E-state index is -1.07. The van der Waals surface area contributed by atoms with Crippen LogP contribution in [0, 0.1) is 5.92 Å². The molecule has 0 saturated carbocycles. The van der Waals surface area contributed by atoms with E-state index in [0.717, 1.165) is 6.42 Å². The van der Waals surface area contributed by atoms with Crippen LogP contribution in [0.4, 0.5) is 4.79 Å². The number of likely N-dealkylation sites (tertiary alicyclic amines) is 1. The number of nitrogens with zero attached hydrogens (tertiary/aromatic N) is 2. The van der Waals surface area contributed by atoms with E-state index in [0.29, 0.717) is 12.5 Å². The highest BCUT2D eigenvalue weighted by Gasteiger charge is 2.39. The monoisotopic (exact) mass is 301 g/mol. The van der Waals surface area contributed by atoms with Crippen molar-refractivity contribution in [3.8, 4) is 0 Å². The van der Waals surface area contributed by atoms with Crippen molar-refractivity contribution >= 4 is 12.0 Å². The van der Waals surface area contributed by atoms with Gasteiger partial charge >= 0.3 is 12.0 Å². The van der Waals surface area contributed by atoms with Gasteiger partial charge in [0.2, 0.25) is 0 Å². The number of carbonyl (C=O) groups is 2. The van der Waals surface area contributed by atoms with Crippen LogP contribution in [0.3, 0.4) is 0 Å². The molecule has 122 valence electrons. The number of aliphatic hydroxyl groups excluding tert-OH is 1. The highest BCUT2D eigenvalue weighted by molar-refractivity contribution is 5.83. The van der Waals surface area contributed by atoms with Crippen LogP contribution in [0.1, 0.15) is 26.7 Å². The Labute approximate surface area is 125 Å². The van der Waals surface area contributed by atoms with Crippen LogP contribution in [0.2, 0.25) is 0 Å². The Hall–Kier alpha value is -1.34. The Bertz CT molecular complexity index is 363. The number of likely N-dealkylation sites (N-methyl/N-ethyl adjacent to an activating group) is 1. The molecule has 21 heavy (non-hydrogen) atoms. The smallest absolute Gasteiger partial charge is 0.326 e. The van der Waals surface area contributed by atoms with E-state index in [4.69, 9.17) is 5.11 Å². The number of carboxylic acid groups (broad SMARTS) is 1. The Kier molecular flexibility index (Phi) is 6.42. The van der Waals surface area contributed by atoms with Gasteiger partial charge in [0.25, 0.3) is 0 Å². The summed E-state index contributed by atoms with van der Waals surface area (Å²) in [4.78, 5) is 26.7. The average molecular weight is 301 g/mol. The second-order valence-electron chi connectivity index (χ2n) is 6.43. The Balaban J connectivity index is 2.69. The quantitative estimate of drug-likeness (QED) is 0.651. The Morgan fingerprint density at radius 2 is 2.00 bits per heavy atom. The third kappa shape index (κ3) is 5.51. The number of urea groups is 1. The summed E-state index contributed by atoms with van der Waals surface area (Å²) in [6.07, 6.45) is 0.137. The summed E-state index contributed by atoms with van der Waals surface area (Å²) in [7, 11) is 3.86. The lowest BCUT2D eigenvalue weighted by atomic mass is 10.0. The van der Waals surface area contributed by atoms with Crippen molar-refractivity contribution in [2.75, 3.05) is 27.2 Å². The molecule has 0 aromatic rings. The third-order valence-corrected chi connectivity index (χ3v) is 3.49. The highest BCUT2D eigenvalue weighted by Crippen LogP contribution is 2.18. The van der Waals surface area contributed by atoms with Crippen LogP contribution < -0.4 is 5.32 Å². The van der Waals surface area contributed by atoms with E-state index < -0.39 is 24.1 Å². The summed E-state index contributed by atoms with van der Waals surface area (Å²) in [5.41, 5.74) is 0. The molecular weight excluding hydrogens is 274 g/mol. The van der Waals surface area contributed by atoms with Gasteiger partial charge in [-0.2, -0.15) is 0 Å². The van der Waals surface area contributed by atoms with Gasteiger partial charge in [0.05, 0.1) is 6.10 Å². The number of carboxylic acids is 1. The van der Waals surface area contributed by atoms with E-state index in [1.807, 2.05) is 19.0 Å². The Morgan fingerprint density at radius 1 is 1.38 bits per heavy atom. The zero-order valence-corrected chi connectivity index (χ0v) is 13.2. The summed E-state index contributed by atoms with van der Waals surface area (Å²) < 4.78 is 0. The topological polar surface area (TPSA) is 93.1 Å². The number of nitrogens with one attached hydrogen (secondary N) is 1. The van der Waals surface area contributed by atoms with Gasteiger partial charge in [-0.25, -0.2) is 9.59 Å². The molecule has 1 heterocycles. The number of rotatable bonds is 6. The van der Waals surface area contributed by atoms with Crippen molar-refractivity contribution in [2.45, 2.75) is 44.9 Å². The predicted molar refractivity (Wildman–Crippen MR) is 79.1 cm³/mol. The molecule has 1 unspecified atom stereocenters. The molecule has 3 atom stereocenters. The zero-order valence-electron chi connectivity index (χ0n) is 13.2. The SMILES string of the molecule is CC(C)CC(CN(C)C)NC(=O)N1C[C@H](O)C[C@H]1C(=O)O. The van der Waals surface area contributed by atoms with Gasteiger partial charge in [0.1, 0.15) is 6.04 Å². The predicted octanol–water partition coefficient (Wildman–Crippen LogP) is 0.192. The molecule has 0 bridgehead atoms. The summed E-state index contributed by atoms with van der Waals surface area (Å²) in [5, 5.41) is 21.6. The van der Waals surface area contributed by atoms with E-state index in [2.05, 4.69) is 19.2 Å². The second kappa shape index (κ2) is 7.61. The standard InChI is InChI=1S/C14H27N3O4/c1-9(2)5-10(7-16(3)4)15-14(21)17-8-11(18)6-12(17)13(19)20/h9-12,18H,5-8H2,1-4H3,(H,15,21)(H,19,20)/t10?,11-,12+/m1/s1. The van der Waals surface area contributed by atoms with Crippen LogP contribution in [-0.2, 0) is 4.79 Å². The van der Waals surface area contributed by atoms with Crippen LogP contribution in [-0.4, -0.2) is 77.4 Å². The molecule has 7 heteroatoms. The summed E-state index contributed by atoms with van der Waals surface area (Å²) in [5.74, 6) is -0.649. The van der Waals surface area contributed by atoms with Crippen molar-refractivity contribution in [3.63, 3.8) is 0 Å². The maximum absolute atomic E-state index is 12.3. The minimum Gasteiger partial charge on any atom is -0.480 e. The Morgan fingerprint density at radius 3 is 2.48 bits per heavy atom. The molecular formula is C14H27N3O4. The molecule has 0 aromatic carbocycles. The lowest BCUT2D eigenvalue weighted by Crippen LogP contribution is -2.51. The molecule has 1 aliphatic rings. The first-order chi connectivity index (χ1) is 9.70. The number of hydrogen-bond acceptors (Lipinski definition) is 4. The molecule has 0 aliphatic carbocycles. The van der Waals surface area contributed by atoms with Gasteiger partial charge in [0, 0.05) is 25.6 Å². The number of amides is 2. The fourth-order valence-electron chi connectivity index (χ4n) is 2.72. The first kappa shape index (κ1) is 17.7. The van der Waals surface area contributed by atoms with E-state index in [1.54, 1.807) is 0 Å². The summed E-state index contributed by atoms with van der Waals surface area (Å²) >= 11 is 0. The molecule has 1 aliphatic heterocycles. The molecule has 2 amide bonds. The van der Waals surface area contributed by atoms with Gasteiger partial charge in [-0.3, -0.25) is 0 Å². The fraction of sp³-hybridized carbons (Fsp3) is 0.857. The molecule has 0 aromatic heterocycles. The number of aliphatic hydroxyl groups is 1. The van der Waals surface area contributed by atoms with Gasteiger partial charge in [0.15, 0.2) is 0 Å².